The summed E-state index contributed by atoms with van der Waals surface area (Å²) in [6.07, 6.45) is 0. The molecule has 0 radical (unpaired) electrons. The number of carboxylic acids is 1. The van der Waals surface area contributed by atoms with Crippen molar-refractivity contribution in [2.24, 2.45) is 0 Å². The van der Waals surface area contributed by atoms with Crippen LogP contribution in [0.4, 0.5) is 0 Å². The summed E-state index contributed by atoms with van der Waals surface area (Å²) in [6.45, 7) is 0. The van der Waals surface area contributed by atoms with E-state index >= 15 is 0 Å². The first-order valence-electron chi connectivity index (χ1n) is 4.76. The van der Waals surface area contributed by atoms with Crippen molar-refractivity contribution in [3.05, 3.63) is 45.5 Å². The van der Waals surface area contributed by atoms with Crippen LogP contribution in [0.15, 0.2) is 34.8 Å². The Morgan fingerprint density at radius 2 is 2.06 bits per heavy atom. The Balaban J connectivity index is 2.21. The lowest BCUT2D eigenvalue weighted by molar-refractivity contribution is 0.0689. The number of carbonyl (C=O) groups is 1. The van der Waals surface area contributed by atoms with Crippen molar-refractivity contribution in [1.29, 1.82) is 0 Å². The number of rotatable bonds is 3. The number of hydrogen-bond acceptors (Lipinski definition) is 4. The Bertz CT molecular complexity index is 589. The van der Waals surface area contributed by atoms with Gasteiger partial charge in [-0.3, -0.25) is 0 Å². The van der Waals surface area contributed by atoms with Gasteiger partial charge in [0.15, 0.2) is 5.69 Å². The third kappa shape index (κ3) is 2.96. The van der Waals surface area contributed by atoms with E-state index in [1.165, 1.54) is 12.1 Å². The van der Waals surface area contributed by atoms with Gasteiger partial charge in [-0.2, -0.15) is 0 Å². The average molecular weight is 330 g/mol. The fourth-order valence-corrected chi connectivity index (χ4v) is 1.87. The molecule has 0 aliphatic rings. The molecule has 0 amide bonds. The second-order valence-electron chi connectivity index (χ2n) is 3.24. The minimum absolute atomic E-state index is 0.149. The van der Waals surface area contributed by atoms with Gasteiger partial charge in [-0.25, -0.2) is 4.79 Å². The summed E-state index contributed by atoms with van der Waals surface area (Å²) in [4.78, 5) is 10.6. The summed E-state index contributed by atoms with van der Waals surface area (Å²) in [5, 5.41) is 16.2. The highest BCUT2D eigenvalue weighted by molar-refractivity contribution is 9.10. The average Bonchev–Trinajstić information content (AvgIpc) is 2.33. The summed E-state index contributed by atoms with van der Waals surface area (Å²) < 4.78 is 6.21. The van der Waals surface area contributed by atoms with Crippen molar-refractivity contribution >= 4 is 33.5 Å². The molecule has 0 saturated heterocycles. The maximum Gasteiger partial charge on any atom is 0.356 e. The number of aromatic nitrogens is 2. The van der Waals surface area contributed by atoms with Gasteiger partial charge >= 0.3 is 5.97 Å². The van der Waals surface area contributed by atoms with Gasteiger partial charge in [0.2, 0.25) is 5.88 Å². The zero-order valence-corrected chi connectivity index (χ0v) is 11.1. The lowest BCUT2D eigenvalue weighted by Gasteiger charge is -2.06. The number of hydrogen-bond donors (Lipinski definition) is 1. The van der Waals surface area contributed by atoms with Gasteiger partial charge in [0, 0.05) is 10.5 Å². The van der Waals surface area contributed by atoms with Crippen LogP contribution in [0.1, 0.15) is 10.5 Å². The Morgan fingerprint density at radius 1 is 1.28 bits per heavy atom. The monoisotopic (exact) mass is 328 g/mol. The Labute approximate surface area is 116 Å². The molecule has 1 N–H and O–H groups in total. The van der Waals surface area contributed by atoms with Gasteiger partial charge in [-0.1, -0.05) is 27.5 Å². The zero-order valence-electron chi connectivity index (χ0n) is 8.80. The lowest BCUT2D eigenvalue weighted by Crippen LogP contribution is -2.02. The topological polar surface area (TPSA) is 72.3 Å². The number of nitrogens with zero attached hydrogens (tertiary/aromatic N) is 2. The van der Waals surface area contributed by atoms with Crippen LogP contribution in [-0.2, 0) is 0 Å². The first kappa shape index (κ1) is 12.8. The normalized spacial score (nSPS) is 10.1. The van der Waals surface area contributed by atoms with Crippen LogP contribution in [0.3, 0.4) is 0 Å². The molecule has 18 heavy (non-hydrogen) atoms. The molecule has 1 aromatic carbocycles. The Kier molecular flexibility index (Phi) is 3.78. The maximum atomic E-state index is 10.6. The van der Waals surface area contributed by atoms with Gasteiger partial charge in [0.05, 0.1) is 5.02 Å². The molecule has 0 aliphatic heterocycles. The molecule has 0 bridgehead atoms. The van der Waals surface area contributed by atoms with E-state index in [2.05, 4.69) is 26.1 Å². The fourth-order valence-electron chi connectivity index (χ4n) is 1.16. The first-order chi connectivity index (χ1) is 8.56. The molecule has 1 aromatic heterocycles. The number of benzene rings is 1. The molecule has 0 unspecified atom stereocenters. The van der Waals surface area contributed by atoms with Crippen molar-refractivity contribution in [2.75, 3.05) is 0 Å². The van der Waals surface area contributed by atoms with Crippen LogP contribution in [0.5, 0.6) is 11.6 Å². The quantitative estimate of drug-likeness (QED) is 0.934. The fraction of sp³-hybridized carbons (Fsp3) is 0. The van der Waals surface area contributed by atoms with Gasteiger partial charge in [0.1, 0.15) is 5.75 Å². The highest BCUT2D eigenvalue weighted by Gasteiger charge is 2.08. The predicted octanol–water partition coefficient (Wildman–Crippen LogP) is 3.38. The molecule has 7 heteroatoms. The molecule has 0 saturated carbocycles. The van der Waals surface area contributed by atoms with E-state index in [4.69, 9.17) is 21.4 Å². The van der Waals surface area contributed by atoms with Crippen molar-refractivity contribution in [1.82, 2.24) is 10.2 Å². The Hall–Kier alpha value is -1.66. The molecular formula is C11H6BrClN2O3. The Morgan fingerprint density at radius 3 is 2.61 bits per heavy atom. The molecule has 0 atom stereocenters. The van der Waals surface area contributed by atoms with E-state index in [0.29, 0.717) is 10.8 Å². The van der Waals surface area contributed by atoms with Crippen LogP contribution in [0.25, 0.3) is 0 Å². The highest BCUT2D eigenvalue weighted by Crippen LogP contribution is 2.30. The third-order valence-corrected chi connectivity index (χ3v) is 2.76. The van der Waals surface area contributed by atoms with Crippen molar-refractivity contribution in [3.8, 4) is 11.6 Å². The van der Waals surface area contributed by atoms with Crippen molar-refractivity contribution in [3.63, 3.8) is 0 Å². The predicted molar refractivity (Wildman–Crippen MR) is 68.2 cm³/mol. The molecule has 0 aliphatic carbocycles. The number of halogens is 2. The smallest absolute Gasteiger partial charge is 0.356 e. The van der Waals surface area contributed by atoms with Gasteiger partial charge in [0.25, 0.3) is 0 Å². The van der Waals surface area contributed by atoms with Gasteiger partial charge in [-0.15, -0.1) is 10.2 Å². The second-order valence-corrected chi connectivity index (χ2v) is 4.56. The van der Waals surface area contributed by atoms with E-state index in [-0.39, 0.29) is 11.6 Å². The largest absolute Gasteiger partial charge is 0.476 e. The van der Waals surface area contributed by atoms with Gasteiger partial charge in [-0.05, 0) is 24.3 Å². The minimum Gasteiger partial charge on any atom is -0.476 e. The highest BCUT2D eigenvalue weighted by atomic mass is 79.9. The lowest BCUT2D eigenvalue weighted by atomic mass is 10.3. The molecule has 1 heterocycles. The number of aromatic carboxylic acids is 1. The van der Waals surface area contributed by atoms with E-state index in [1.54, 1.807) is 18.2 Å². The van der Waals surface area contributed by atoms with Crippen LogP contribution in [0.2, 0.25) is 5.02 Å². The summed E-state index contributed by atoms with van der Waals surface area (Å²) in [7, 11) is 0. The maximum absolute atomic E-state index is 10.6. The summed E-state index contributed by atoms with van der Waals surface area (Å²) >= 11 is 9.24. The molecule has 5 nitrogen and oxygen atoms in total. The van der Waals surface area contributed by atoms with Crippen molar-refractivity contribution < 1.29 is 14.6 Å². The van der Waals surface area contributed by atoms with E-state index in [0.717, 1.165) is 4.47 Å². The van der Waals surface area contributed by atoms with E-state index in [1.807, 2.05) is 0 Å². The third-order valence-electron chi connectivity index (χ3n) is 1.97. The molecule has 2 rings (SSSR count). The minimum atomic E-state index is -1.14. The van der Waals surface area contributed by atoms with Crippen LogP contribution in [0, 0.1) is 0 Å². The second kappa shape index (κ2) is 5.32. The molecular weight excluding hydrogens is 323 g/mol. The van der Waals surface area contributed by atoms with Gasteiger partial charge < -0.3 is 9.84 Å². The summed E-state index contributed by atoms with van der Waals surface area (Å²) in [6, 6.07) is 7.82. The molecule has 0 fully saturated rings. The molecule has 92 valence electrons. The molecule has 2 aromatic rings. The van der Waals surface area contributed by atoms with Crippen LogP contribution >= 0.6 is 27.5 Å². The van der Waals surface area contributed by atoms with E-state index in [9.17, 15) is 4.79 Å². The standard InChI is InChI=1S/C11H6BrClN2O3/c12-6-1-3-9(7(13)5-6)18-10-4-2-8(11(16)17)14-15-10/h1-5H,(H,16,17). The number of carboxylic acid groups (broad SMARTS) is 1. The van der Waals surface area contributed by atoms with Crippen LogP contribution < -0.4 is 4.74 Å². The van der Waals surface area contributed by atoms with Crippen molar-refractivity contribution in [2.45, 2.75) is 0 Å². The van der Waals surface area contributed by atoms with E-state index < -0.39 is 5.97 Å². The summed E-state index contributed by atoms with van der Waals surface area (Å²) in [5.74, 6) is -0.558. The first-order valence-corrected chi connectivity index (χ1v) is 5.93. The zero-order chi connectivity index (χ0) is 13.1. The SMILES string of the molecule is O=C(O)c1ccc(Oc2ccc(Br)cc2Cl)nn1. The molecule has 0 spiro atoms. The number of ether oxygens (including phenoxy) is 1. The summed E-state index contributed by atoms with van der Waals surface area (Å²) in [5.41, 5.74) is -0.149. The van der Waals surface area contributed by atoms with Crippen LogP contribution in [-0.4, -0.2) is 21.3 Å².